The maximum Gasteiger partial charge on any atom is 0.408 e. The third-order valence-corrected chi connectivity index (χ3v) is 6.43. The number of unbranched alkanes of at least 4 members (excludes halogenated alkanes) is 1. The van der Waals surface area contributed by atoms with Gasteiger partial charge in [0.1, 0.15) is 18.2 Å². The Labute approximate surface area is 246 Å². The first-order chi connectivity index (χ1) is 19.6. The average Bonchev–Trinajstić information content (AvgIpc) is 2.94. The van der Waals surface area contributed by atoms with Crippen LogP contribution in [0, 0.1) is 0 Å². The summed E-state index contributed by atoms with van der Waals surface area (Å²) in [7, 11) is 0. The monoisotopic (exact) mass is 579 g/mol. The summed E-state index contributed by atoms with van der Waals surface area (Å²) >= 11 is 6.10. The average molecular weight is 580 g/mol. The van der Waals surface area contributed by atoms with Crippen LogP contribution in [-0.2, 0) is 20.9 Å². The number of nitrogens with one attached hydrogen (secondary N) is 3. The Kier molecular flexibility index (Phi) is 12.0. The molecule has 1 atom stereocenters. The van der Waals surface area contributed by atoms with Gasteiger partial charge in [-0.1, -0.05) is 90.5 Å². The van der Waals surface area contributed by atoms with Crippen LogP contribution in [0.2, 0.25) is 5.02 Å². The largest absolute Gasteiger partial charge is 0.445 e. The quantitative estimate of drug-likeness (QED) is 0.211. The fourth-order valence-electron chi connectivity index (χ4n) is 4.09. The van der Waals surface area contributed by atoms with Crippen LogP contribution in [0.25, 0.3) is 0 Å². The third kappa shape index (κ3) is 11.2. The predicted octanol–water partition coefficient (Wildman–Crippen LogP) is 6.54. The molecule has 8 nitrogen and oxygen atoms in total. The summed E-state index contributed by atoms with van der Waals surface area (Å²) in [6, 6.07) is 25.2. The van der Waals surface area contributed by atoms with Gasteiger partial charge in [-0.2, -0.15) is 0 Å². The molecule has 3 N–H and O–H groups in total. The lowest BCUT2D eigenvalue weighted by atomic mass is 9.98. The van der Waals surface area contributed by atoms with Crippen molar-refractivity contribution in [2.45, 2.75) is 64.3 Å². The Bertz CT molecular complexity index is 1230. The van der Waals surface area contributed by atoms with E-state index < -0.39 is 29.9 Å². The van der Waals surface area contributed by atoms with Crippen LogP contribution < -0.4 is 16.0 Å². The summed E-state index contributed by atoms with van der Waals surface area (Å²) in [4.78, 5) is 38.2. The van der Waals surface area contributed by atoms with Crippen LogP contribution in [-0.4, -0.2) is 36.3 Å². The van der Waals surface area contributed by atoms with Crippen LogP contribution >= 0.6 is 11.6 Å². The van der Waals surface area contributed by atoms with Crippen LogP contribution in [0.1, 0.15) is 62.8 Å². The van der Waals surface area contributed by atoms with Gasteiger partial charge in [-0.3, -0.25) is 4.79 Å². The summed E-state index contributed by atoms with van der Waals surface area (Å²) in [5.41, 5.74) is 1.84. The highest BCUT2D eigenvalue weighted by molar-refractivity contribution is 6.31. The number of hydrogen-bond acceptors (Lipinski definition) is 5. The van der Waals surface area contributed by atoms with E-state index in [1.165, 1.54) is 0 Å². The number of benzene rings is 3. The van der Waals surface area contributed by atoms with Crippen molar-refractivity contribution in [3.63, 3.8) is 0 Å². The number of alkyl carbamates (subject to hydrolysis) is 2. The Morgan fingerprint density at radius 3 is 1.95 bits per heavy atom. The maximum absolute atomic E-state index is 13.5. The molecule has 0 heterocycles. The molecule has 41 heavy (non-hydrogen) atoms. The molecule has 0 saturated carbocycles. The van der Waals surface area contributed by atoms with E-state index in [2.05, 4.69) is 16.0 Å². The minimum atomic E-state index is -0.841. The van der Waals surface area contributed by atoms with Gasteiger partial charge in [-0.05, 0) is 57.2 Å². The Balaban J connectivity index is 1.58. The first-order valence-electron chi connectivity index (χ1n) is 13.7. The molecule has 0 aromatic heterocycles. The Hall–Kier alpha value is -4.04. The smallest absolute Gasteiger partial charge is 0.408 e. The molecule has 1 unspecified atom stereocenters. The van der Waals surface area contributed by atoms with Crippen molar-refractivity contribution in [1.82, 2.24) is 16.0 Å². The van der Waals surface area contributed by atoms with Gasteiger partial charge in [0.2, 0.25) is 5.91 Å². The highest BCUT2D eigenvalue weighted by atomic mass is 35.5. The van der Waals surface area contributed by atoms with Gasteiger partial charge < -0.3 is 25.4 Å². The second-order valence-corrected chi connectivity index (χ2v) is 11.0. The van der Waals surface area contributed by atoms with Gasteiger partial charge in [-0.25, -0.2) is 9.59 Å². The minimum Gasteiger partial charge on any atom is -0.445 e. The van der Waals surface area contributed by atoms with Crippen LogP contribution in [0.3, 0.4) is 0 Å². The van der Waals surface area contributed by atoms with Gasteiger partial charge >= 0.3 is 12.2 Å². The van der Waals surface area contributed by atoms with Crippen molar-refractivity contribution in [3.8, 4) is 0 Å². The summed E-state index contributed by atoms with van der Waals surface area (Å²) in [5.74, 6) is -0.333. The molecular formula is C32H38ClN3O5. The molecule has 0 saturated heterocycles. The Morgan fingerprint density at radius 2 is 1.37 bits per heavy atom. The summed E-state index contributed by atoms with van der Waals surface area (Å²) < 4.78 is 10.6. The highest BCUT2D eigenvalue weighted by Gasteiger charge is 2.27. The number of carbonyl (C=O) groups is 3. The van der Waals surface area contributed by atoms with Crippen LogP contribution in [0.4, 0.5) is 9.59 Å². The number of ether oxygens (including phenoxy) is 2. The lowest BCUT2D eigenvalue weighted by Gasteiger charge is -2.26. The van der Waals surface area contributed by atoms with E-state index in [0.717, 1.165) is 16.7 Å². The highest BCUT2D eigenvalue weighted by Crippen LogP contribution is 2.22. The molecule has 0 radical (unpaired) electrons. The number of hydrogen-bond donors (Lipinski definition) is 3. The maximum atomic E-state index is 13.5. The molecule has 3 aromatic rings. The molecule has 9 heteroatoms. The molecular weight excluding hydrogens is 542 g/mol. The van der Waals surface area contributed by atoms with Crippen LogP contribution in [0.15, 0.2) is 84.9 Å². The first-order valence-corrected chi connectivity index (χ1v) is 14.0. The lowest BCUT2D eigenvalue weighted by Crippen LogP contribution is -2.49. The topological polar surface area (TPSA) is 106 Å². The second-order valence-electron chi connectivity index (χ2n) is 10.6. The molecule has 0 aliphatic carbocycles. The van der Waals surface area contributed by atoms with E-state index in [0.29, 0.717) is 30.8 Å². The summed E-state index contributed by atoms with van der Waals surface area (Å²) in [5, 5.41) is 9.07. The van der Waals surface area contributed by atoms with E-state index in [4.69, 9.17) is 21.1 Å². The molecule has 3 amide bonds. The molecule has 0 spiro atoms. The summed E-state index contributed by atoms with van der Waals surface area (Å²) in [6.07, 6.45) is 0.244. The first kappa shape index (κ1) is 31.5. The van der Waals surface area contributed by atoms with Crippen LogP contribution in [0.5, 0.6) is 0 Å². The number of halogens is 1. The molecule has 0 fully saturated rings. The predicted molar refractivity (Wildman–Crippen MR) is 160 cm³/mol. The molecule has 0 aliphatic heterocycles. The zero-order valence-electron chi connectivity index (χ0n) is 23.7. The van der Waals surface area contributed by atoms with Crippen molar-refractivity contribution in [3.05, 3.63) is 107 Å². The van der Waals surface area contributed by atoms with Gasteiger partial charge in [0, 0.05) is 17.1 Å². The minimum absolute atomic E-state index is 0.0670. The van der Waals surface area contributed by atoms with Gasteiger partial charge in [-0.15, -0.1) is 0 Å². The van der Waals surface area contributed by atoms with Gasteiger partial charge in [0.25, 0.3) is 0 Å². The van der Waals surface area contributed by atoms with Crippen molar-refractivity contribution >= 4 is 29.7 Å². The molecule has 218 valence electrons. The fraction of sp³-hybridized carbons (Fsp3) is 0.344. The third-order valence-electron chi connectivity index (χ3n) is 6.07. The SMILES string of the molecule is CC(C)(C)OC(=O)NC(CCCCNC(=O)OCc1ccccc1Cl)C(=O)NC(c1ccccc1)c1ccccc1. The van der Waals surface area contributed by atoms with E-state index in [1.54, 1.807) is 39.0 Å². The van der Waals surface area contributed by atoms with E-state index in [1.807, 2.05) is 66.7 Å². The summed E-state index contributed by atoms with van der Waals surface area (Å²) in [6.45, 7) is 5.70. The molecule has 0 aliphatic rings. The number of amides is 3. The molecule has 3 aromatic carbocycles. The number of rotatable bonds is 12. The van der Waals surface area contributed by atoms with Crippen molar-refractivity contribution < 1.29 is 23.9 Å². The fourth-order valence-corrected chi connectivity index (χ4v) is 4.28. The van der Waals surface area contributed by atoms with E-state index >= 15 is 0 Å². The van der Waals surface area contributed by atoms with Crippen molar-refractivity contribution in [1.29, 1.82) is 0 Å². The van der Waals surface area contributed by atoms with E-state index in [9.17, 15) is 14.4 Å². The second kappa shape index (κ2) is 15.7. The normalized spacial score (nSPS) is 11.8. The van der Waals surface area contributed by atoms with Crippen molar-refractivity contribution in [2.75, 3.05) is 6.54 Å². The van der Waals surface area contributed by atoms with Gasteiger partial charge in [0.05, 0.1) is 6.04 Å². The standard InChI is InChI=1S/C32H38ClN3O5/c1-32(2,3)41-31(39)35-27(20-12-13-21-34-30(38)40-22-25-18-10-11-19-26(25)33)29(37)36-28(23-14-6-4-7-15-23)24-16-8-5-9-17-24/h4-11,14-19,27-28H,12-13,20-22H2,1-3H3,(H,34,38)(H,35,39)(H,36,37). The Morgan fingerprint density at radius 1 is 0.780 bits per heavy atom. The lowest BCUT2D eigenvalue weighted by molar-refractivity contribution is -0.123. The number of carbonyl (C=O) groups excluding carboxylic acids is 3. The molecule has 0 bridgehead atoms. The zero-order valence-corrected chi connectivity index (χ0v) is 24.4. The zero-order chi connectivity index (χ0) is 29.7. The van der Waals surface area contributed by atoms with Crippen molar-refractivity contribution in [2.24, 2.45) is 0 Å². The van der Waals surface area contributed by atoms with Gasteiger partial charge in [0.15, 0.2) is 0 Å². The molecule has 3 rings (SSSR count). The van der Waals surface area contributed by atoms with E-state index in [-0.39, 0.29) is 12.5 Å².